The third-order valence-electron chi connectivity index (χ3n) is 3.64. The quantitative estimate of drug-likeness (QED) is 0.775. The molecule has 0 bridgehead atoms. The van der Waals surface area contributed by atoms with Gasteiger partial charge in [0.2, 0.25) is 0 Å². The van der Waals surface area contributed by atoms with Crippen LogP contribution >= 0.6 is 0 Å². The second-order valence-corrected chi connectivity index (χ2v) is 6.62. The molecule has 0 radical (unpaired) electrons. The Morgan fingerprint density at radius 2 is 1.57 bits per heavy atom. The Balaban J connectivity index is 2.36. The summed E-state index contributed by atoms with van der Waals surface area (Å²) in [7, 11) is 0. The van der Waals surface area contributed by atoms with E-state index in [4.69, 9.17) is 10.5 Å². The van der Waals surface area contributed by atoms with E-state index in [9.17, 15) is 4.79 Å². The predicted octanol–water partition coefficient (Wildman–Crippen LogP) is 4.90. The fourth-order valence-corrected chi connectivity index (χ4v) is 2.42. The summed E-state index contributed by atoms with van der Waals surface area (Å²) in [6, 6.07) is 11.7. The van der Waals surface area contributed by atoms with Crippen LogP contribution in [0.2, 0.25) is 0 Å². The molecule has 0 spiro atoms. The van der Waals surface area contributed by atoms with Crippen LogP contribution in [0.1, 0.15) is 31.9 Å². The zero-order valence-corrected chi connectivity index (χ0v) is 14.4. The van der Waals surface area contributed by atoms with Crippen molar-refractivity contribution < 1.29 is 9.53 Å². The van der Waals surface area contributed by atoms with Crippen molar-refractivity contribution >= 4 is 17.5 Å². The van der Waals surface area contributed by atoms with Crippen molar-refractivity contribution in [3.8, 4) is 11.1 Å². The molecule has 0 saturated carbocycles. The Hall–Kier alpha value is -2.49. The maximum Gasteiger partial charge on any atom is 0.412 e. The van der Waals surface area contributed by atoms with Crippen molar-refractivity contribution in [3.63, 3.8) is 0 Å². The lowest BCUT2D eigenvalue weighted by atomic mass is 9.95. The highest BCUT2D eigenvalue weighted by molar-refractivity contribution is 5.89. The maximum atomic E-state index is 12.0. The number of hydrogen-bond acceptors (Lipinski definition) is 3. The lowest BCUT2D eigenvalue weighted by Gasteiger charge is -2.21. The van der Waals surface area contributed by atoms with E-state index in [1.54, 1.807) is 0 Å². The van der Waals surface area contributed by atoms with Crippen LogP contribution < -0.4 is 11.1 Å². The summed E-state index contributed by atoms with van der Waals surface area (Å²) < 4.78 is 5.32. The van der Waals surface area contributed by atoms with Crippen molar-refractivity contribution in [1.29, 1.82) is 0 Å². The molecule has 0 aliphatic heterocycles. The third-order valence-corrected chi connectivity index (χ3v) is 3.64. The summed E-state index contributed by atoms with van der Waals surface area (Å²) in [5.74, 6) is 0. The minimum absolute atomic E-state index is 0.456. The zero-order valence-electron chi connectivity index (χ0n) is 14.4. The SMILES string of the molecule is Cc1c(N)cccc1-c1cccc(NC(=O)OC(C)(C)C)c1C. The van der Waals surface area contributed by atoms with Crippen molar-refractivity contribution in [2.24, 2.45) is 0 Å². The molecule has 0 saturated heterocycles. The van der Waals surface area contributed by atoms with Crippen molar-refractivity contribution in [1.82, 2.24) is 0 Å². The zero-order chi connectivity index (χ0) is 17.2. The van der Waals surface area contributed by atoms with Gasteiger partial charge in [-0.05, 0) is 69.0 Å². The number of hydrogen-bond donors (Lipinski definition) is 2. The van der Waals surface area contributed by atoms with E-state index in [1.165, 1.54) is 0 Å². The summed E-state index contributed by atoms with van der Waals surface area (Å²) in [5, 5.41) is 2.82. The predicted molar refractivity (Wildman–Crippen MR) is 95.6 cm³/mol. The van der Waals surface area contributed by atoms with E-state index in [0.29, 0.717) is 0 Å². The molecule has 122 valence electrons. The van der Waals surface area contributed by atoms with Gasteiger partial charge in [-0.25, -0.2) is 4.79 Å². The van der Waals surface area contributed by atoms with Crippen LogP contribution in [0.3, 0.4) is 0 Å². The number of carbonyl (C=O) groups is 1. The van der Waals surface area contributed by atoms with Gasteiger partial charge >= 0.3 is 6.09 Å². The number of rotatable bonds is 2. The standard InChI is InChI=1S/C19H24N2O2/c1-12-14(8-6-10-16(12)20)15-9-7-11-17(13(15)2)21-18(22)23-19(3,4)5/h6-11H,20H2,1-5H3,(H,21,22). The van der Waals surface area contributed by atoms with Crippen molar-refractivity contribution in [2.75, 3.05) is 11.1 Å². The van der Waals surface area contributed by atoms with Gasteiger partial charge in [-0.1, -0.05) is 24.3 Å². The maximum absolute atomic E-state index is 12.0. The Morgan fingerprint density at radius 1 is 1.00 bits per heavy atom. The second-order valence-electron chi connectivity index (χ2n) is 6.62. The largest absolute Gasteiger partial charge is 0.444 e. The topological polar surface area (TPSA) is 64.3 Å². The highest BCUT2D eigenvalue weighted by atomic mass is 16.6. The molecular formula is C19H24N2O2. The lowest BCUT2D eigenvalue weighted by molar-refractivity contribution is 0.0636. The van der Waals surface area contributed by atoms with Gasteiger partial charge < -0.3 is 10.5 Å². The smallest absolute Gasteiger partial charge is 0.412 e. The summed E-state index contributed by atoms with van der Waals surface area (Å²) in [4.78, 5) is 12.0. The lowest BCUT2D eigenvalue weighted by Crippen LogP contribution is -2.27. The second kappa shape index (κ2) is 6.32. The van der Waals surface area contributed by atoms with Crippen molar-refractivity contribution in [3.05, 3.63) is 47.5 Å². The summed E-state index contributed by atoms with van der Waals surface area (Å²) >= 11 is 0. The summed E-state index contributed by atoms with van der Waals surface area (Å²) in [6.07, 6.45) is -0.456. The van der Waals surface area contributed by atoms with Gasteiger partial charge in [0.15, 0.2) is 0 Å². The normalized spacial score (nSPS) is 11.2. The monoisotopic (exact) mass is 312 g/mol. The van der Waals surface area contributed by atoms with Gasteiger partial charge in [0, 0.05) is 11.4 Å². The van der Waals surface area contributed by atoms with Crippen LogP contribution in [0.15, 0.2) is 36.4 Å². The van der Waals surface area contributed by atoms with E-state index in [-0.39, 0.29) is 0 Å². The highest BCUT2D eigenvalue weighted by Crippen LogP contribution is 2.32. The molecule has 0 aliphatic rings. The van der Waals surface area contributed by atoms with Gasteiger partial charge in [-0.3, -0.25) is 5.32 Å². The van der Waals surface area contributed by atoms with Gasteiger partial charge in [0.05, 0.1) is 0 Å². The number of nitrogens with one attached hydrogen (secondary N) is 1. The number of nitrogen functional groups attached to an aromatic ring is 1. The fourth-order valence-electron chi connectivity index (χ4n) is 2.42. The van der Waals surface area contributed by atoms with Gasteiger partial charge in [0.1, 0.15) is 5.60 Å². The van der Waals surface area contributed by atoms with E-state index in [2.05, 4.69) is 5.32 Å². The molecule has 3 N–H and O–H groups in total. The Labute approximate surface area is 137 Å². The number of amides is 1. The molecule has 2 aromatic rings. The number of anilines is 2. The van der Waals surface area contributed by atoms with Crippen LogP contribution in [0.25, 0.3) is 11.1 Å². The molecule has 0 aromatic heterocycles. The Bertz CT molecular complexity index is 731. The van der Waals surface area contributed by atoms with E-state index in [1.807, 2.05) is 71.0 Å². The first-order valence-electron chi connectivity index (χ1n) is 7.64. The average Bonchev–Trinajstić information content (AvgIpc) is 2.42. The molecule has 4 nitrogen and oxygen atoms in total. The van der Waals surface area contributed by atoms with Crippen LogP contribution in [0.4, 0.5) is 16.2 Å². The van der Waals surface area contributed by atoms with Crippen LogP contribution in [-0.4, -0.2) is 11.7 Å². The number of carbonyl (C=O) groups excluding carboxylic acids is 1. The molecule has 2 aromatic carbocycles. The van der Waals surface area contributed by atoms with Gasteiger partial charge in [0.25, 0.3) is 0 Å². The number of benzene rings is 2. The van der Waals surface area contributed by atoms with E-state index in [0.717, 1.165) is 33.6 Å². The molecule has 2 rings (SSSR count). The Morgan fingerprint density at radius 3 is 2.17 bits per heavy atom. The highest BCUT2D eigenvalue weighted by Gasteiger charge is 2.17. The summed E-state index contributed by atoms with van der Waals surface area (Å²) in [6.45, 7) is 9.49. The first kappa shape index (κ1) is 16.9. The van der Waals surface area contributed by atoms with Gasteiger partial charge in [-0.15, -0.1) is 0 Å². The minimum atomic E-state index is -0.528. The Kier molecular flexibility index (Phi) is 4.64. The molecule has 0 heterocycles. The van der Waals surface area contributed by atoms with Crippen LogP contribution in [-0.2, 0) is 4.74 Å². The molecule has 0 fully saturated rings. The minimum Gasteiger partial charge on any atom is -0.444 e. The molecule has 0 unspecified atom stereocenters. The van der Waals surface area contributed by atoms with Crippen LogP contribution in [0, 0.1) is 13.8 Å². The fraction of sp³-hybridized carbons (Fsp3) is 0.316. The average molecular weight is 312 g/mol. The molecule has 23 heavy (non-hydrogen) atoms. The molecule has 0 atom stereocenters. The molecule has 0 aliphatic carbocycles. The molecule has 1 amide bonds. The van der Waals surface area contributed by atoms with Gasteiger partial charge in [-0.2, -0.15) is 0 Å². The first-order valence-corrected chi connectivity index (χ1v) is 7.64. The first-order chi connectivity index (χ1) is 10.7. The van der Waals surface area contributed by atoms with Crippen LogP contribution in [0.5, 0.6) is 0 Å². The van der Waals surface area contributed by atoms with E-state index >= 15 is 0 Å². The molecular weight excluding hydrogens is 288 g/mol. The molecule has 4 heteroatoms. The third kappa shape index (κ3) is 4.03. The number of nitrogens with two attached hydrogens (primary N) is 1. The summed E-state index contributed by atoms with van der Waals surface area (Å²) in [5.41, 5.74) is 11.1. The number of ether oxygens (including phenoxy) is 1. The van der Waals surface area contributed by atoms with E-state index < -0.39 is 11.7 Å². The van der Waals surface area contributed by atoms with Crippen molar-refractivity contribution in [2.45, 2.75) is 40.2 Å².